The number of aliphatic hydroxyl groups is 1. The van der Waals surface area contributed by atoms with Gasteiger partial charge in [-0.3, -0.25) is 4.79 Å². The van der Waals surface area contributed by atoms with Gasteiger partial charge in [0, 0.05) is 25.5 Å². The van der Waals surface area contributed by atoms with E-state index in [2.05, 4.69) is 20.4 Å². The summed E-state index contributed by atoms with van der Waals surface area (Å²) in [7, 11) is 1.48. The summed E-state index contributed by atoms with van der Waals surface area (Å²) in [5.74, 6) is -0.0123. The predicted molar refractivity (Wildman–Crippen MR) is 96.8 cm³/mol. The fourth-order valence-corrected chi connectivity index (χ4v) is 2.46. The normalized spacial score (nSPS) is 11.8. The molecule has 1 amide bonds. The van der Waals surface area contributed by atoms with Gasteiger partial charge in [-0.15, -0.1) is 0 Å². The van der Waals surface area contributed by atoms with Crippen LogP contribution in [0.2, 0.25) is 0 Å². The molecule has 1 unspecified atom stereocenters. The molecule has 2 heterocycles. The zero-order valence-electron chi connectivity index (χ0n) is 15.1. The van der Waals surface area contributed by atoms with Gasteiger partial charge in [0.2, 0.25) is 23.5 Å². The van der Waals surface area contributed by atoms with E-state index in [1.54, 1.807) is 36.4 Å². The van der Waals surface area contributed by atoms with Crippen molar-refractivity contribution in [3.8, 4) is 17.3 Å². The van der Waals surface area contributed by atoms with Crippen LogP contribution in [0.3, 0.4) is 0 Å². The molecule has 2 aromatic heterocycles. The summed E-state index contributed by atoms with van der Waals surface area (Å²) in [6.45, 7) is 0.00328. The molecule has 0 aliphatic carbocycles. The van der Waals surface area contributed by atoms with Crippen LogP contribution in [0.4, 0.5) is 4.39 Å². The minimum absolute atomic E-state index is 0.00328. The SMILES string of the molecule is COc1cccc(C(O)CNC(=O)CCc2nc(-c3ccccc3F)no2)n1. The fraction of sp³-hybridized carbons (Fsp3) is 0.263. The van der Waals surface area contributed by atoms with Gasteiger partial charge in [0.05, 0.1) is 18.4 Å². The molecule has 0 aliphatic heterocycles. The second-order valence-corrected chi connectivity index (χ2v) is 5.92. The number of halogens is 1. The lowest BCUT2D eigenvalue weighted by Crippen LogP contribution is -2.28. The molecule has 28 heavy (non-hydrogen) atoms. The summed E-state index contributed by atoms with van der Waals surface area (Å²) in [5, 5.41) is 16.5. The van der Waals surface area contributed by atoms with E-state index in [-0.39, 0.29) is 42.6 Å². The van der Waals surface area contributed by atoms with E-state index in [9.17, 15) is 14.3 Å². The first kappa shape index (κ1) is 19.4. The largest absolute Gasteiger partial charge is 0.481 e. The number of ether oxygens (including phenoxy) is 1. The molecule has 2 N–H and O–H groups in total. The van der Waals surface area contributed by atoms with Gasteiger partial charge in [0.25, 0.3) is 0 Å². The predicted octanol–water partition coefficient (Wildman–Crippen LogP) is 2.06. The molecule has 3 aromatic rings. The maximum Gasteiger partial charge on any atom is 0.227 e. The van der Waals surface area contributed by atoms with E-state index in [4.69, 9.17) is 9.26 Å². The Morgan fingerprint density at radius 2 is 2.07 bits per heavy atom. The highest BCUT2D eigenvalue weighted by molar-refractivity contribution is 5.76. The van der Waals surface area contributed by atoms with Gasteiger partial charge < -0.3 is 19.7 Å². The third-order valence-corrected chi connectivity index (χ3v) is 3.94. The van der Waals surface area contributed by atoms with Gasteiger partial charge in [-0.1, -0.05) is 23.4 Å². The lowest BCUT2D eigenvalue weighted by atomic mass is 10.2. The van der Waals surface area contributed by atoms with Crippen molar-refractivity contribution in [3.05, 3.63) is 59.9 Å². The van der Waals surface area contributed by atoms with Gasteiger partial charge in [-0.2, -0.15) is 4.98 Å². The minimum Gasteiger partial charge on any atom is -0.481 e. The maximum absolute atomic E-state index is 13.7. The third kappa shape index (κ3) is 4.89. The number of hydrogen-bond donors (Lipinski definition) is 2. The Labute approximate surface area is 160 Å². The van der Waals surface area contributed by atoms with Crippen LogP contribution >= 0.6 is 0 Å². The van der Waals surface area contributed by atoms with E-state index in [0.29, 0.717) is 11.6 Å². The zero-order chi connectivity index (χ0) is 19.9. The molecule has 0 fully saturated rings. The number of rotatable bonds is 8. The number of pyridine rings is 1. The highest BCUT2D eigenvalue weighted by Gasteiger charge is 2.15. The summed E-state index contributed by atoms with van der Waals surface area (Å²) < 4.78 is 23.8. The number of nitrogens with zero attached hydrogens (tertiary/aromatic N) is 3. The summed E-state index contributed by atoms with van der Waals surface area (Å²) in [6, 6.07) is 11.1. The van der Waals surface area contributed by atoms with Crippen molar-refractivity contribution in [2.75, 3.05) is 13.7 Å². The van der Waals surface area contributed by atoms with E-state index in [1.807, 2.05) is 0 Å². The first-order valence-corrected chi connectivity index (χ1v) is 8.60. The van der Waals surface area contributed by atoms with Crippen molar-refractivity contribution in [2.45, 2.75) is 18.9 Å². The smallest absolute Gasteiger partial charge is 0.227 e. The molecule has 0 aliphatic rings. The number of carbonyl (C=O) groups is 1. The van der Waals surface area contributed by atoms with Crippen molar-refractivity contribution in [1.29, 1.82) is 0 Å². The van der Waals surface area contributed by atoms with Crippen LogP contribution in [0.1, 0.15) is 24.1 Å². The Bertz CT molecular complexity index is 947. The van der Waals surface area contributed by atoms with Gasteiger partial charge in [0.15, 0.2) is 0 Å². The van der Waals surface area contributed by atoms with E-state index in [0.717, 1.165) is 0 Å². The summed E-state index contributed by atoms with van der Waals surface area (Å²) in [5.41, 5.74) is 0.627. The average molecular weight is 386 g/mol. The number of aliphatic hydroxyl groups excluding tert-OH is 1. The Morgan fingerprint density at radius 3 is 2.86 bits per heavy atom. The topological polar surface area (TPSA) is 110 Å². The Morgan fingerprint density at radius 1 is 1.25 bits per heavy atom. The van der Waals surface area contributed by atoms with Crippen LogP contribution in [0.15, 0.2) is 47.0 Å². The first-order valence-electron chi connectivity index (χ1n) is 8.60. The maximum atomic E-state index is 13.7. The molecule has 0 bridgehead atoms. The van der Waals surface area contributed by atoms with Gasteiger partial charge in [0.1, 0.15) is 11.9 Å². The number of carbonyl (C=O) groups excluding carboxylic acids is 1. The summed E-state index contributed by atoms with van der Waals surface area (Å²) in [6.07, 6.45) is -0.687. The standard InChI is InChI=1S/C19H19FN4O4/c1-27-17-8-4-7-14(22-17)15(25)11-21-16(26)9-10-18-23-19(24-28-18)12-5-2-3-6-13(12)20/h2-8,15,25H,9-11H2,1H3,(H,21,26). The van der Waals surface area contributed by atoms with Crippen molar-refractivity contribution in [3.63, 3.8) is 0 Å². The van der Waals surface area contributed by atoms with Crippen LogP contribution < -0.4 is 10.1 Å². The van der Waals surface area contributed by atoms with E-state index in [1.165, 1.54) is 13.2 Å². The lowest BCUT2D eigenvalue weighted by molar-refractivity contribution is -0.121. The molecule has 9 heteroatoms. The Balaban J connectivity index is 1.49. The van der Waals surface area contributed by atoms with Crippen LogP contribution in [0, 0.1) is 5.82 Å². The minimum atomic E-state index is -0.963. The number of benzene rings is 1. The molecule has 146 valence electrons. The first-order chi connectivity index (χ1) is 13.6. The zero-order valence-corrected chi connectivity index (χ0v) is 15.1. The second kappa shape index (κ2) is 9.05. The van der Waals surface area contributed by atoms with E-state index >= 15 is 0 Å². The number of methoxy groups -OCH3 is 1. The molecule has 1 atom stereocenters. The van der Waals surface area contributed by atoms with Crippen molar-refractivity contribution in [2.24, 2.45) is 0 Å². The average Bonchev–Trinajstić information content (AvgIpc) is 3.19. The molecular weight excluding hydrogens is 367 g/mol. The summed E-state index contributed by atoms with van der Waals surface area (Å²) >= 11 is 0. The highest BCUT2D eigenvalue weighted by atomic mass is 19.1. The van der Waals surface area contributed by atoms with Crippen LogP contribution in [-0.4, -0.2) is 39.8 Å². The van der Waals surface area contributed by atoms with Gasteiger partial charge >= 0.3 is 0 Å². The molecule has 8 nitrogen and oxygen atoms in total. The quantitative estimate of drug-likeness (QED) is 0.610. The lowest BCUT2D eigenvalue weighted by Gasteiger charge is -2.12. The fourth-order valence-electron chi connectivity index (χ4n) is 2.46. The molecular formula is C19H19FN4O4. The van der Waals surface area contributed by atoms with Crippen LogP contribution in [-0.2, 0) is 11.2 Å². The van der Waals surface area contributed by atoms with Gasteiger partial charge in [-0.25, -0.2) is 9.37 Å². The van der Waals surface area contributed by atoms with Crippen LogP contribution in [0.25, 0.3) is 11.4 Å². The van der Waals surface area contributed by atoms with Crippen LogP contribution in [0.5, 0.6) is 5.88 Å². The summed E-state index contributed by atoms with van der Waals surface area (Å²) in [4.78, 5) is 20.2. The monoisotopic (exact) mass is 386 g/mol. The number of aromatic nitrogens is 3. The second-order valence-electron chi connectivity index (χ2n) is 5.92. The Hall–Kier alpha value is -3.33. The third-order valence-electron chi connectivity index (χ3n) is 3.94. The van der Waals surface area contributed by atoms with Crippen molar-refractivity contribution in [1.82, 2.24) is 20.4 Å². The highest BCUT2D eigenvalue weighted by Crippen LogP contribution is 2.19. The number of amides is 1. The molecule has 3 rings (SSSR count). The van der Waals surface area contributed by atoms with Crippen molar-refractivity contribution >= 4 is 5.91 Å². The number of nitrogens with one attached hydrogen (secondary N) is 1. The molecule has 0 saturated carbocycles. The molecule has 0 saturated heterocycles. The number of hydrogen-bond acceptors (Lipinski definition) is 7. The van der Waals surface area contributed by atoms with Crippen molar-refractivity contribution < 1.29 is 23.6 Å². The molecule has 0 radical (unpaired) electrons. The molecule has 0 spiro atoms. The van der Waals surface area contributed by atoms with Gasteiger partial charge in [-0.05, 0) is 18.2 Å². The Kier molecular flexibility index (Phi) is 6.28. The molecule has 1 aromatic carbocycles. The van der Waals surface area contributed by atoms with E-state index < -0.39 is 11.9 Å². The number of aryl methyl sites for hydroxylation is 1.